The van der Waals surface area contributed by atoms with Gasteiger partial charge in [0.05, 0.1) is 30.9 Å². The number of likely N-dealkylation sites (tertiary alicyclic amines) is 1. The molecule has 6 heteroatoms. The summed E-state index contributed by atoms with van der Waals surface area (Å²) < 4.78 is 24.6. The molecular formula is C15H17FN2O3. The smallest absolute Gasteiger partial charge is 0.257 e. The lowest BCUT2D eigenvalue weighted by Gasteiger charge is -2.34. The average Bonchev–Trinajstić information content (AvgIpc) is 2.75. The van der Waals surface area contributed by atoms with Gasteiger partial charge in [0.15, 0.2) is 0 Å². The molecule has 112 valence electrons. The number of hydrogen-bond donors (Lipinski definition) is 0. The lowest BCUT2D eigenvalue weighted by Crippen LogP contribution is -2.49. The molecule has 1 aromatic rings. The molecular weight excluding hydrogens is 275 g/mol. The summed E-state index contributed by atoms with van der Waals surface area (Å²) in [6.07, 6.45) is -0.123. The highest BCUT2D eigenvalue weighted by Crippen LogP contribution is 2.32. The van der Waals surface area contributed by atoms with E-state index in [4.69, 9.17) is 9.47 Å². The molecule has 1 amide bonds. The molecule has 5 nitrogen and oxygen atoms in total. The Morgan fingerprint density at radius 3 is 2.81 bits per heavy atom. The van der Waals surface area contributed by atoms with Crippen molar-refractivity contribution in [3.63, 3.8) is 0 Å². The number of rotatable bonds is 1. The molecule has 2 fully saturated rings. The van der Waals surface area contributed by atoms with Crippen molar-refractivity contribution < 1.29 is 18.7 Å². The Bertz CT molecular complexity index is 590. The van der Waals surface area contributed by atoms with Crippen molar-refractivity contribution in [3.05, 3.63) is 29.6 Å². The fourth-order valence-corrected chi connectivity index (χ4v) is 3.28. The monoisotopic (exact) mass is 292 g/mol. The number of carbonyl (C=O) groups excluding carboxylic acids is 1. The summed E-state index contributed by atoms with van der Waals surface area (Å²) in [6.45, 7) is 2.99. The van der Waals surface area contributed by atoms with E-state index >= 15 is 0 Å². The van der Waals surface area contributed by atoms with E-state index in [0.29, 0.717) is 17.4 Å². The second kappa shape index (κ2) is 4.68. The van der Waals surface area contributed by atoms with Gasteiger partial charge in [0.2, 0.25) is 0 Å². The first-order valence-electron chi connectivity index (χ1n) is 7.18. The highest BCUT2D eigenvalue weighted by atomic mass is 19.1. The molecule has 2 saturated heterocycles. The van der Waals surface area contributed by atoms with Crippen molar-refractivity contribution in [2.75, 3.05) is 33.4 Å². The number of hydrogen-bond acceptors (Lipinski definition) is 4. The summed E-state index contributed by atoms with van der Waals surface area (Å²) in [6, 6.07) is 4.51. The van der Waals surface area contributed by atoms with Gasteiger partial charge in [-0.25, -0.2) is 4.39 Å². The number of benzene rings is 1. The van der Waals surface area contributed by atoms with Gasteiger partial charge in [-0.05, 0) is 12.1 Å². The predicted octanol–water partition coefficient (Wildman–Crippen LogP) is 0.742. The highest BCUT2D eigenvalue weighted by Gasteiger charge is 2.45. The van der Waals surface area contributed by atoms with Gasteiger partial charge in [-0.3, -0.25) is 9.69 Å². The number of fused-ring (bicyclic) bond motifs is 2. The molecule has 2 atom stereocenters. The van der Waals surface area contributed by atoms with Crippen LogP contribution in [0.25, 0.3) is 0 Å². The van der Waals surface area contributed by atoms with Gasteiger partial charge in [-0.2, -0.15) is 0 Å². The van der Waals surface area contributed by atoms with Gasteiger partial charge in [0.25, 0.3) is 5.91 Å². The Labute approximate surface area is 122 Å². The zero-order valence-corrected chi connectivity index (χ0v) is 11.8. The number of amides is 1. The van der Waals surface area contributed by atoms with Gasteiger partial charge >= 0.3 is 0 Å². The van der Waals surface area contributed by atoms with E-state index in [9.17, 15) is 9.18 Å². The second-order valence-electron chi connectivity index (χ2n) is 5.93. The van der Waals surface area contributed by atoms with Crippen molar-refractivity contribution in [1.29, 1.82) is 0 Å². The maximum atomic E-state index is 13.4. The minimum absolute atomic E-state index is 0.00596. The van der Waals surface area contributed by atoms with Crippen molar-refractivity contribution in [1.82, 2.24) is 9.80 Å². The molecule has 4 rings (SSSR count). The van der Waals surface area contributed by atoms with Crippen molar-refractivity contribution in [3.8, 4) is 5.75 Å². The number of nitrogens with zero attached hydrogens (tertiary/aromatic N) is 2. The van der Waals surface area contributed by atoms with E-state index in [1.807, 2.05) is 0 Å². The lowest BCUT2D eigenvalue weighted by molar-refractivity contribution is -0.0599. The number of likely N-dealkylation sites (N-methyl/N-ethyl adjacent to an activating group) is 1. The third-order valence-electron chi connectivity index (χ3n) is 4.67. The molecule has 0 spiro atoms. The van der Waals surface area contributed by atoms with Crippen molar-refractivity contribution in [2.24, 2.45) is 0 Å². The van der Waals surface area contributed by atoms with Crippen LogP contribution in [0.3, 0.4) is 0 Å². The van der Waals surface area contributed by atoms with E-state index in [-0.39, 0.29) is 23.9 Å². The van der Waals surface area contributed by atoms with E-state index in [1.165, 1.54) is 18.2 Å². The van der Waals surface area contributed by atoms with Crippen molar-refractivity contribution in [2.45, 2.75) is 18.2 Å². The average molecular weight is 292 g/mol. The van der Waals surface area contributed by atoms with E-state index < -0.39 is 0 Å². The summed E-state index contributed by atoms with van der Waals surface area (Å²) in [4.78, 5) is 16.6. The minimum atomic E-state index is -0.384. The molecule has 0 aliphatic carbocycles. The third-order valence-corrected chi connectivity index (χ3v) is 4.67. The van der Waals surface area contributed by atoms with Gasteiger partial charge < -0.3 is 14.4 Å². The van der Waals surface area contributed by atoms with Crippen LogP contribution in [0, 0.1) is 5.82 Å². The first-order valence-corrected chi connectivity index (χ1v) is 7.18. The van der Waals surface area contributed by atoms with Crippen LogP contribution in [0.1, 0.15) is 10.4 Å². The van der Waals surface area contributed by atoms with Gasteiger partial charge in [0.1, 0.15) is 17.7 Å². The van der Waals surface area contributed by atoms with Crippen molar-refractivity contribution >= 4 is 5.91 Å². The highest BCUT2D eigenvalue weighted by molar-refractivity contribution is 5.97. The van der Waals surface area contributed by atoms with E-state index in [2.05, 4.69) is 4.90 Å². The quantitative estimate of drug-likeness (QED) is 0.766. The molecule has 0 saturated carbocycles. The number of carbonyl (C=O) groups is 1. The number of halogens is 1. The largest absolute Gasteiger partial charge is 0.486 e. The zero-order valence-electron chi connectivity index (χ0n) is 11.8. The zero-order chi connectivity index (χ0) is 14.6. The van der Waals surface area contributed by atoms with Gasteiger partial charge in [0, 0.05) is 26.2 Å². The SMILES string of the molecule is CN1C(=O)c2ccc(F)cc2OC2CN(C3COC3)CC21. The van der Waals surface area contributed by atoms with Crippen LogP contribution in [0.2, 0.25) is 0 Å². The summed E-state index contributed by atoms with van der Waals surface area (Å²) in [5.41, 5.74) is 0.437. The maximum absolute atomic E-state index is 13.4. The molecule has 0 bridgehead atoms. The minimum Gasteiger partial charge on any atom is -0.486 e. The molecule has 0 aromatic heterocycles. The molecule has 2 unspecified atom stereocenters. The summed E-state index contributed by atoms with van der Waals surface area (Å²) in [7, 11) is 1.79. The molecule has 0 radical (unpaired) electrons. The topological polar surface area (TPSA) is 42.0 Å². The van der Waals surface area contributed by atoms with Crippen LogP contribution >= 0.6 is 0 Å². The maximum Gasteiger partial charge on any atom is 0.257 e. The Hall–Kier alpha value is -1.66. The number of ether oxygens (including phenoxy) is 2. The molecule has 3 heterocycles. The van der Waals surface area contributed by atoms with E-state index in [1.54, 1.807) is 11.9 Å². The molecule has 3 aliphatic heterocycles. The summed E-state index contributed by atoms with van der Waals surface area (Å²) >= 11 is 0. The predicted molar refractivity (Wildman–Crippen MR) is 72.9 cm³/mol. The fraction of sp³-hybridized carbons (Fsp3) is 0.533. The van der Waals surface area contributed by atoms with Crippen LogP contribution in [0.4, 0.5) is 4.39 Å². The normalized spacial score (nSPS) is 29.4. The molecule has 1 aromatic carbocycles. The summed E-state index contributed by atoms with van der Waals surface area (Å²) in [5, 5.41) is 0. The molecule has 0 N–H and O–H groups in total. The van der Waals surface area contributed by atoms with Crippen LogP contribution < -0.4 is 4.74 Å². The Balaban J connectivity index is 1.65. The fourth-order valence-electron chi connectivity index (χ4n) is 3.28. The lowest BCUT2D eigenvalue weighted by atomic mass is 10.1. The Morgan fingerprint density at radius 2 is 2.10 bits per heavy atom. The van der Waals surface area contributed by atoms with Crippen LogP contribution in [0.5, 0.6) is 5.75 Å². The van der Waals surface area contributed by atoms with Crippen LogP contribution in [-0.2, 0) is 4.74 Å². The van der Waals surface area contributed by atoms with Gasteiger partial charge in [-0.1, -0.05) is 0 Å². The van der Waals surface area contributed by atoms with E-state index in [0.717, 1.165) is 26.3 Å². The van der Waals surface area contributed by atoms with Crippen LogP contribution in [-0.4, -0.2) is 67.2 Å². The first kappa shape index (κ1) is 13.0. The second-order valence-corrected chi connectivity index (χ2v) is 5.93. The van der Waals surface area contributed by atoms with Crippen LogP contribution in [0.15, 0.2) is 18.2 Å². The van der Waals surface area contributed by atoms with Gasteiger partial charge in [-0.15, -0.1) is 0 Å². The summed E-state index contributed by atoms with van der Waals surface area (Å²) in [5.74, 6) is -0.139. The molecule has 21 heavy (non-hydrogen) atoms. The third kappa shape index (κ3) is 2.01. The first-order chi connectivity index (χ1) is 10.1. The Morgan fingerprint density at radius 1 is 1.29 bits per heavy atom. The standard InChI is InChI=1S/C15H17FN2O3/c1-17-12-5-18(10-7-20-8-10)6-14(12)21-13-4-9(16)2-3-11(13)15(17)19/h2-4,10,12,14H,5-8H2,1H3. The molecule has 3 aliphatic rings. The Kier molecular flexibility index (Phi) is 2.90.